The molecular weight excluding hydrogens is 220 g/mol. The van der Waals surface area contributed by atoms with Crippen LogP contribution < -0.4 is 11.3 Å². The monoisotopic (exact) mass is 232 g/mol. The van der Waals surface area contributed by atoms with E-state index >= 15 is 0 Å². The number of aromatic nitrogens is 1. The number of carbonyl (C=O) groups excluding carboxylic acids is 1. The number of H-pyrrole nitrogens is 1. The lowest BCUT2D eigenvalue weighted by atomic mass is 10.1. The summed E-state index contributed by atoms with van der Waals surface area (Å²) < 4.78 is 4.94. The van der Waals surface area contributed by atoms with E-state index in [9.17, 15) is 9.59 Å². The molecule has 0 bridgehead atoms. The first-order chi connectivity index (χ1) is 8.13. The van der Waals surface area contributed by atoms with Gasteiger partial charge in [-0.3, -0.25) is 4.79 Å². The van der Waals surface area contributed by atoms with Gasteiger partial charge in [-0.2, -0.15) is 0 Å². The number of hydrogen-bond donors (Lipinski definition) is 2. The Balaban J connectivity index is 2.71. The molecule has 0 radical (unpaired) electrons. The number of nitrogen functional groups attached to an aromatic ring is 1. The minimum Gasteiger partial charge on any atom is -0.462 e. The summed E-state index contributed by atoms with van der Waals surface area (Å²) in [5.41, 5.74) is 6.73. The van der Waals surface area contributed by atoms with E-state index in [0.29, 0.717) is 22.2 Å². The number of fused-ring (bicyclic) bond motifs is 1. The van der Waals surface area contributed by atoms with Gasteiger partial charge in [0, 0.05) is 22.7 Å². The van der Waals surface area contributed by atoms with Crippen molar-refractivity contribution in [1.29, 1.82) is 0 Å². The van der Waals surface area contributed by atoms with E-state index in [1.165, 1.54) is 6.07 Å². The highest BCUT2D eigenvalue weighted by Gasteiger charge is 2.15. The Morgan fingerprint density at radius 3 is 2.82 bits per heavy atom. The SMILES string of the molecule is CCOC(=O)c1c(N)ccc2[nH]c(=O)ccc12. The lowest BCUT2D eigenvalue weighted by Gasteiger charge is -2.08. The largest absolute Gasteiger partial charge is 0.462 e. The number of nitrogens with two attached hydrogens (primary N) is 1. The Hall–Kier alpha value is -2.30. The van der Waals surface area contributed by atoms with Crippen molar-refractivity contribution >= 4 is 22.6 Å². The molecule has 0 unspecified atom stereocenters. The number of nitrogens with one attached hydrogen (secondary N) is 1. The van der Waals surface area contributed by atoms with Gasteiger partial charge in [0.15, 0.2) is 0 Å². The van der Waals surface area contributed by atoms with Crippen LogP contribution in [-0.4, -0.2) is 17.6 Å². The van der Waals surface area contributed by atoms with E-state index in [2.05, 4.69) is 4.98 Å². The third-order valence-electron chi connectivity index (χ3n) is 2.42. The van der Waals surface area contributed by atoms with Crippen molar-refractivity contribution in [3.63, 3.8) is 0 Å². The topological polar surface area (TPSA) is 85.2 Å². The molecule has 5 nitrogen and oxygen atoms in total. The number of anilines is 1. The van der Waals surface area contributed by atoms with Crippen LogP contribution in [0.2, 0.25) is 0 Å². The average Bonchev–Trinajstić information content (AvgIpc) is 2.29. The molecule has 0 aliphatic rings. The highest BCUT2D eigenvalue weighted by molar-refractivity contribution is 6.08. The van der Waals surface area contributed by atoms with Crippen LogP contribution in [0.25, 0.3) is 10.9 Å². The maximum Gasteiger partial charge on any atom is 0.340 e. The second-order valence-electron chi connectivity index (χ2n) is 3.53. The number of hydrogen-bond acceptors (Lipinski definition) is 4. The van der Waals surface area contributed by atoms with E-state index in [0.717, 1.165) is 0 Å². The van der Waals surface area contributed by atoms with Crippen LogP contribution in [0.5, 0.6) is 0 Å². The lowest BCUT2D eigenvalue weighted by molar-refractivity contribution is 0.0530. The molecular formula is C12H12N2O3. The van der Waals surface area contributed by atoms with E-state index < -0.39 is 5.97 Å². The van der Waals surface area contributed by atoms with Crippen LogP contribution in [0.15, 0.2) is 29.1 Å². The molecule has 0 aliphatic heterocycles. The summed E-state index contributed by atoms with van der Waals surface area (Å²) in [7, 11) is 0. The Morgan fingerprint density at radius 2 is 2.12 bits per heavy atom. The van der Waals surface area contributed by atoms with Gasteiger partial charge in [-0.05, 0) is 25.1 Å². The van der Waals surface area contributed by atoms with Gasteiger partial charge in [-0.1, -0.05) is 0 Å². The number of esters is 1. The Kier molecular flexibility index (Phi) is 2.82. The number of carbonyl (C=O) groups is 1. The summed E-state index contributed by atoms with van der Waals surface area (Å²) in [4.78, 5) is 25.6. The van der Waals surface area contributed by atoms with Crippen LogP contribution in [-0.2, 0) is 4.74 Å². The molecule has 1 heterocycles. The summed E-state index contributed by atoms with van der Waals surface area (Å²) in [6.45, 7) is 2.00. The Morgan fingerprint density at radius 1 is 1.35 bits per heavy atom. The van der Waals surface area contributed by atoms with Crippen LogP contribution >= 0.6 is 0 Å². The summed E-state index contributed by atoms with van der Waals surface area (Å²) in [6, 6.07) is 6.15. The van der Waals surface area contributed by atoms with Crippen LogP contribution in [0, 0.1) is 0 Å². The predicted octanol–water partition coefficient (Wildman–Crippen LogP) is 1.29. The van der Waals surface area contributed by atoms with Crippen molar-refractivity contribution in [3.8, 4) is 0 Å². The van der Waals surface area contributed by atoms with E-state index in [-0.39, 0.29) is 12.2 Å². The molecule has 17 heavy (non-hydrogen) atoms. The molecule has 0 saturated carbocycles. The van der Waals surface area contributed by atoms with E-state index in [4.69, 9.17) is 10.5 Å². The molecule has 0 amide bonds. The number of benzene rings is 1. The first-order valence-electron chi connectivity index (χ1n) is 5.22. The third kappa shape index (κ3) is 1.99. The summed E-state index contributed by atoms with van der Waals surface area (Å²) in [5, 5.41) is 0.586. The van der Waals surface area contributed by atoms with Gasteiger partial charge < -0.3 is 15.5 Å². The zero-order valence-electron chi connectivity index (χ0n) is 9.32. The van der Waals surface area contributed by atoms with Crippen molar-refractivity contribution in [2.45, 2.75) is 6.92 Å². The zero-order chi connectivity index (χ0) is 12.4. The van der Waals surface area contributed by atoms with E-state index in [1.54, 1.807) is 25.1 Å². The molecule has 2 rings (SSSR count). The van der Waals surface area contributed by atoms with Crippen molar-refractivity contribution in [2.24, 2.45) is 0 Å². The number of aromatic amines is 1. The van der Waals surface area contributed by atoms with Crippen molar-refractivity contribution in [1.82, 2.24) is 4.98 Å². The molecule has 1 aromatic heterocycles. The van der Waals surface area contributed by atoms with Gasteiger partial charge in [0.1, 0.15) is 0 Å². The van der Waals surface area contributed by atoms with Gasteiger partial charge in [0.25, 0.3) is 0 Å². The number of rotatable bonds is 2. The normalized spacial score (nSPS) is 10.4. The summed E-state index contributed by atoms with van der Waals surface area (Å²) in [5.74, 6) is -0.484. The standard InChI is InChI=1S/C12H12N2O3/c1-2-17-12(16)11-7-3-6-10(15)14-9(7)5-4-8(11)13/h3-6H,2,13H2,1H3,(H,14,15). The fraction of sp³-hybridized carbons (Fsp3) is 0.167. The average molecular weight is 232 g/mol. The third-order valence-corrected chi connectivity index (χ3v) is 2.42. The maximum atomic E-state index is 11.8. The van der Waals surface area contributed by atoms with Crippen molar-refractivity contribution in [2.75, 3.05) is 12.3 Å². The Labute approximate surface area is 97.2 Å². The molecule has 0 aliphatic carbocycles. The Bertz CT molecular complexity index is 631. The molecule has 0 spiro atoms. The van der Waals surface area contributed by atoms with E-state index in [1.807, 2.05) is 0 Å². The second-order valence-corrected chi connectivity index (χ2v) is 3.53. The fourth-order valence-electron chi connectivity index (χ4n) is 1.68. The van der Waals surface area contributed by atoms with Crippen molar-refractivity contribution in [3.05, 3.63) is 40.2 Å². The molecule has 88 valence electrons. The van der Waals surface area contributed by atoms with Gasteiger partial charge in [0.05, 0.1) is 12.2 Å². The molecule has 2 aromatic rings. The molecule has 3 N–H and O–H groups in total. The van der Waals surface area contributed by atoms with Gasteiger partial charge >= 0.3 is 5.97 Å². The first-order valence-corrected chi connectivity index (χ1v) is 5.22. The second kappa shape index (κ2) is 4.29. The first kappa shape index (κ1) is 11.2. The highest BCUT2D eigenvalue weighted by Crippen LogP contribution is 2.22. The minimum atomic E-state index is -0.484. The van der Waals surface area contributed by atoms with Gasteiger partial charge in [0.2, 0.25) is 5.56 Å². The number of pyridine rings is 1. The van der Waals surface area contributed by atoms with Crippen LogP contribution in [0.3, 0.4) is 0 Å². The quantitative estimate of drug-likeness (QED) is 0.603. The fourth-order valence-corrected chi connectivity index (χ4v) is 1.68. The van der Waals surface area contributed by atoms with Gasteiger partial charge in [-0.15, -0.1) is 0 Å². The minimum absolute atomic E-state index is 0.225. The molecule has 5 heteroatoms. The highest BCUT2D eigenvalue weighted by atomic mass is 16.5. The van der Waals surface area contributed by atoms with Crippen molar-refractivity contribution < 1.29 is 9.53 Å². The predicted molar refractivity (Wildman–Crippen MR) is 64.9 cm³/mol. The molecule has 1 aromatic carbocycles. The van der Waals surface area contributed by atoms with Crippen LogP contribution in [0.1, 0.15) is 17.3 Å². The smallest absolute Gasteiger partial charge is 0.340 e. The molecule has 0 saturated heterocycles. The summed E-state index contributed by atoms with van der Waals surface area (Å²) >= 11 is 0. The molecule has 0 fully saturated rings. The van der Waals surface area contributed by atoms with Gasteiger partial charge in [-0.25, -0.2) is 4.79 Å². The zero-order valence-corrected chi connectivity index (χ0v) is 9.32. The lowest BCUT2D eigenvalue weighted by Crippen LogP contribution is -2.11. The van der Waals surface area contributed by atoms with Crippen LogP contribution in [0.4, 0.5) is 5.69 Å². The summed E-state index contributed by atoms with van der Waals surface area (Å²) in [6.07, 6.45) is 0. The number of ether oxygens (including phenoxy) is 1. The molecule has 0 atom stereocenters. The maximum absolute atomic E-state index is 11.8.